The maximum Gasteiger partial charge on any atom is 0.251 e. The molecule has 4 unspecified atom stereocenters. The molecule has 4 atom stereocenters. The largest absolute Gasteiger partial charge is 0.394 e. The van der Waals surface area contributed by atoms with E-state index in [9.17, 15) is 20.1 Å². The summed E-state index contributed by atoms with van der Waals surface area (Å²) in [5, 5.41) is 48.8. The van der Waals surface area contributed by atoms with Crippen LogP contribution in [-0.2, 0) is 4.79 Å². The predicted octanol–water partition coefficient (Wildman–Crippen LogP) is -1.88. The zero-order valence-electron chi connectivity index (χ0n) is 11.5. The molecular weight excluding hydrogens is 266 g/mol. The van der Waals surface area contributed by atoms with Crippen LogP contribution in [0.4, 0.5) is 0 Å². The Morgan fingerprint density at radius 1 is 1.10 bits per heavy atom. The van der Waals surface area contributed by atoms with E-state index in [0.717, 1.165) is 19.3 Å². The van der Waals surface area contributed by atoms with Crippen LogP contribution in [0.15, 0.2) is 0 Å². The van der Waals surface area contributed by atoms with Gasteiger partial charge in [0, 0.05) is 6.54 Å². The van der Waals surface area contributed by atoms with E-state index in [1.165, 1.54) is 12.8 Å². The van der Waals surface area contributed by atoms with Crippen LogP contribution in [0.2, 0.25) is 0 Å². The first-order valence-corrected chi connectivity index (χ1v) is 7.08. The van der Waals surface area contributed by atoms with Crippen LogP contribution >= 0.6 is 0 Å². The summed E-state index contributed by atoms with van der Waals surface area (Å²) in [7, 11) is 0. The molecule has 0 heterocycles. The molecule has 0 aliphatic heterocycles. The molecule has 1 rings (SSSR count). The SMILES string of the molecule is O=C(NCCC1CCCC1)C(O)C(O)C(O)C(O)CO. The van der Waals surface area contributed by atoms with E-state index >= 15 is 0 Å². The van der Waals surface area contributed by atoms with Crippen molar-refractivity contribution >= 4 is 5.91 Å². The highest BCUT2D eigenvalue weighted by Gasteiger charge is 2.34. The van der Waals surface area contributed by atoms with E-state index in [4.69, 9.17) is 10.2 Å². The fourth-order valence-corrected chi connectivity index (χ4v) is 2.48. The van der Waals surface area contributed by atoms with Gasteiger partial charge in [-0.15, -0.1) is 0 Å². The van der Waals surface area contributed by atoms with Crippen LogP contribution in [0, 0.1) is 5.92 Å². The lowest BCUT2D eigenvalue weighted by atomic mass is 10.0. The van der Waals surface area contributed by atoms with E-state index in [2.05, 4.69) is 5.32 Å². The number of hydrogen-bond donors (Lipinski definition) is 6. The molecule has 7 nitrogen and oxygen atoms in total. The van der Waals surface area contributed by atoms with E-state index in [0.29, 0.717) is 12.5 Å². The van der Waals surface area contributed by atoms with Crippen molar-refractivity contribution < 1.29 is 30.3 Å². The van der Waals surface area contributed by atoms with Gasteiger partial charge in [0.2, 0.25) is 0 Å². The number of aliphatic hydroxyl groups excluding tert-OH is 5. The highest BCUT2D eigenvalue weighted by Crippen LogP contribution is 2.26. The second-order valence-electron chi connectivity index (χ2n) is 5.41. The Morgan fingerprint density at radius 2 is 1.70 bits per heavy atom. The number of rotatable bonds is 8. The monoisotopic (exact) mass is 291 g/mol. The zero-order valence-corrected chi connectivity index (χ0v) is 11.5. The van der Waals surface area contributed by atoms with Crippen molar-refractivity contribution in [3.8, 4) is 0 Å². The summed E-state index contributed by atoms with van der Waals surface area (Å²) in [6.45, 7) is -0.361. The lowest BCUT2D eigenvalue weighted by Crippen LogP contribution is -2.51. The van der Waals surface area contributed by atoms with Gasteiger partial charge in [-0.25, -0.2) is 0 Å². The molecule has 1 fully saturated rings. The van der Waals surface area contributed by atoms with Gasteiger partial charge in [-0.05, 0) is 12.3 Å². The van der Waals surface area contributed by atoms with Crippen molar-refractivity contribution in [1.29, 1.82) is 0 Å². The maximum absolute atomic E-state index is 11.6. The summed E-state index contributed by atoms with van der Waals surface area (Å²) in [6, 6.07) is 0. The summed E-state index contributed by atoms with van der Waals surface area (Å²) in [5.74, 6) is -0.196. The molecule has 0 saturated heterocycles. The Balaban J connectivity index is 2.29. The van der Waals surface area contributed by atoms with Crippen LogP contribution in [0.1, 0.15) is 32.1 Å². The second-order valence-corrected chi connectivity index (χ2v) is 5.41. The summed E-state index contributed by atoms with van der Waals surface area (Å²) < 4.78 is 0. The second kappa shape index (κ2) is 8.53. The van der Waals surface area contributed by atoms with Gasteiger partial charge in [0.1, 0.15) is 18.3 Å². The smallest absolute Gasteiger partial charge is 0.251 e. The normalized spacial score (nSPS) is 22.2. The number of nitrogens with one attached hydrogen (secondary N) is 1. The van der Waals surface area contributed by atoms with Gasteiger partial charge in [-0.2, -0.15) is 0 Å². The first-order chi connectivity index (χ1) is 9.47. The minimum Gasteiger partial charge on any atom is -0.394 e. The minimum absolute atomic E-state index is 0.409. The number of amides is 1. The van der Waals surface area contributed by atoms with Gasteiger partial charge in [0.15, 0.2) is 6.10 Å². The molecule has 0 aromatic carbocycles. The standard InChI is InChI=1S/C13H25NO6/c15-7-9(16)10(17)11(18)12(19)13(20)14-6-5-8-3-1-2-4-8/h8-12,15-19H,1-7H2,(H,14,20). The molecule has 1 amide bonds. The molecule has 0 aromatic heterocycles. The van der Waals surface area contributed by atoms with Gasteiger partial charge in [-0.3, -0.25) is 4.79 Å². The average molecular weight is 291 g/mol. The molecule has 118 valence electrons. The molecule has 0 aromatic rings. The van der Waals surface area contributed by atoms with Crippen LogP contribution in [0.3, 0.4) is 0 Å². The first-order valence-electron chi connectivity index (χ1n) is 7.08. The molecule has 20 heavy (non-hydrogen) atoms. The molecule has 1 aliphatic carbocycles. The third-order valence-electron chi connectivity index (χ3n) is 3.85. The quantitative estimate of drug-likeness (QED) is 0.310. The van der Waals surface area contributed by atoms with Crippen molar-refractivity contribution in [2.24, 2.45) is 5.92 Å². The number of carbonyl (C=O) groups excluding carboxylic acids is 1. The van der Waals surface area contributed by atoms with Crippen molar-refractivity contribution in [2.45, 2.75) is 56.5 Å². The average Bonchev–Trinajstić information content (AvgIpc) is 2.97. The topological polar surface area (TPSA) is 130 Å². The van der Waals surface area contributed by atoms with Crippen molar-refractivity contribution in [2.75, 3.05) is 13.2 Å². The Labute approximate surface area is 118 Å². The fourth-order valence-electron chi connectivity index (χ4n) is 2.48. The van der Waals surface area contributed by atoms with Crippen LogP contribution in [-0.4, -0.2) is 69.0 Å². The highest BCUT2D eigenvalue weighted by atomic mass is 16.4. The number of aliphatic hydroxyl groups is 5. The lowest BCUT2D eigenvalue weighted by molar-refractivity contribution is -0.148. The van der Waals surface area contributed by atoms with E-state index < -0.39 is 36.9 Å². The van der Waals surface area contributed by atoms with Gasteiger partial charge >= 0.3 is 0 Å². The molecule has 0 bridgehead atoms. The van der Waals surface area contributed by atoms with Crippen molar-refractivity contribution in [1.82, 2.24) is 5.32 Å². The summed E-state index contributed by atoms with van der Waals surface area (Å²) in [6.07, 6.45) is -1.50. The summed E-state index contributed by atoms with van der Waals surface area (Å²) in [5.41, 5.74) is 0. The number of carbonyl (C=O) groups is 1. The molecule has 1 saturated carbocycles. The maximum atomic E-state index is 11.6. The Morgan fingerprint density at radius 3 is 2.25 bits per heavy atom. The van der Waals surface area contributed by atoms with Crippen molar-refractivity contribution in [3.63, 3.8) is 0 Å². The van der Waals surface area contributed by atoms with Gasteiger partial charge in [0.25, 0.3) is 5.91 Å². The van der Waals surface area contributed by atoms with Crippen LogP contribution in [0.25, 0.3) is 0 Å². The Hall–Kier alpha value is -0.730. The molecule has 1 aliphatic rings. The number of hydrogen-bond acceptors (Lipinski definition) is 6. The molecule has 0 spiro atoms. The molecule has 0 radical (unpaired) electrons. The van der Waals surface area contributed by atoms with Gasteiger partial charge in [-0.1, -0.05) is 25.7 Å². The molecule has 7 heteroatoms. The van der Waals surface area contributed by atoms with E-state index in [-0.39, 0.29) is 0 Å². The highest BCUT2D eigenvalue weighted by molar-refractivity contribution is 5.81. The summed E-state index contributed by atoms with van der Waals surface area (Å²) in [4.78, 5) is 11.6. The fraction of sp³-hybridized carbons (Fsp3) is 0.923. The lowest BCUT2D eigenvalue weighted by Gasteiger charge is -2.25. The van der Waals surface area contributed by atoms with Crippen molar-refractivity contribution in [3.05, 3.63) is 0 Å². The Bertz CT molecular complexity index is 295. The van der Waals surface area contributed by atoms with Gasteiger partial charge < -0.3 is 30.8 Å². The van der Waals surface area contributed by atoms with Crippen LogP contribution in [0.5, 0.6) is 0 Å². The molecule has 6 N–H and O–H groups in total. The van der Waals surface area contributed by atoms with E-state index in [1.54, 1.807) is 0 Å². The summed E-state index contributed by atoms with van der Waals surface area (Å²) >= 11 is 0. The molecular formula is C13H25NO6. The van der Waals surface area contributed by atoms with E-state index in [1.807, 2.05) is 0 Å². The Kier molecular flexibility index (Phi) is 7.39. The minimum atomic E-state index is -1.84. The third kappa shape index (κ3) is 4.99. The van der Waals surface area contributed by atoms with Gasteiger partial charge in [0.05, 0.1) is 6.61 Å². The van der Waals surface area contributed by atoms with Crippen LogP contribution < -0.4 is 5.32 Å². The predicted molar refractivity (Wildman–Crippen MR) is 70.7 cm³/mol. The zero-order chi connectivity index (χ0) is 15.1. The first kappa shape index (κ1) is 17.3. The third-order valence-corrected chi connectivity index (χ3v) is 3.85.